The zero-order valence-electron chi connectivity index (χ0n) is 18.0. The third-order valence-corrected chi connectivity index (χ3v) is 5.14. The minimum atomic E-state index is -0.337. The summed E-state index contributed by atoms with van der Waals surface area (Å²) in [6.07, 6.45) is 11.5. The molecule has 0 aromatic heterocycles. The molecule has 0 atom stereocenters. The van der Waals surface area contributed by atoms with Crippen molar-refractivity contribution in [1.82, 2.24) is 5.06 Å². The quantitative estimate of drug-likeness (QED) is 0.207. The number of hydrogen-bond donors (Lipinski definition) is 0. The van der Waals surface area contributed by atoms with Gasteiger partial charge >= 0.3 is 5.97 Å². The Morgan fingerprint density at radius 1 is 1.00 bits per heavy atom. The summed E-state index contributed by atoms with van der Waals surface area (Å²) in [6.45, 7) is 13.3. The molecule has 3 heteroatoms. The minimum Gasteiger partial charge on any atom is -0.364 e. The van der Waals surface area contributed by atoms with Crippen molar-refractivity contribution in [3.8, 4) is 0 Å². The Kier molecular flexibility index (Phi) is 11.8. The van der Waals surface area contributed by atoms with Crippen molar-refractivity contribution in [1.29, 1.82) is 0 Å². The van der Waals surface area contributed by atoms with Gasteiger partial charge in [-0.3, -0.25) is 0 Å². The van der Waals surface area contributed by atoms with E-state index >= 15 is 0 Å². The van der Waals surface area contributed by atoms with Crippen LogP contribution in [0.4, 0.5) is 0 Å². The molecular weight excluding hydrogens is 334 g/mol. The topological polar surface area (TPSA) is 29.5 Å². The number of hydroxylamine groups is 2. The van der Waals surface area contributed by atoms with Crippen LogP contribution in [0.2, 0.25) is 0 Å². The van der Waals surface area contributed by atoms with Crippen LogP contribution < -0.4 is 0 Å². The third-order valence-electron chi connectivity index (χ3n) is 5.14. The van der Waals surface area contributed by atoms with Gasteiger partial charge in [0.1, 0.15) is 0 Å². The van der Waals surface area contributed by atoms with Crippen molar-refractivity contribution in [2.75, 3.05) is 6.54 Å². The maximum atomic E-state index is 12.0. The van der Waals surface area contributed by atoms with E-state index in [1.165, 1.54) is 68.1 Å². The summed E-state index contributed by atoms with van der Waals surface area (Å²) in [6, 6.07) is 6.29. The van der Waals surface area contributed by atoms with Crippen LogP contribution in [0.3, 0.4) is 0 Å². The maximum absolute atomic E-state index is 12.0. The first kappa shape index (κ1) is 23.4. The highest BCUT2D eigenvalue weighted by Crippen LogP contribution is 2.17. The van der Waals surface area contributed by atoms with Gasteiger partial charge in [0.25, 0.3) is 0 Å². The first-order chi connectivity index (χ1) is 13.0. The second kappa shape index (κ2) is 13.5. The molecule has 0 spiro atoms. The van der Waals surface area contributed by atoms with Gasteiger partial charge in [-0.1, -0.05) is 83.1 Å². The van der Waals surface area contributed by atoms with Crippen molar-refractivity contribution >= 4 is 5.97 Å². The van der Waals surface area contributed by atoms with E-state index in [1.54, 1.807) is 12.0 Å². The molecular formula is C24H39NO2. The van der Waals surface area contributed by atoms with Gasteiger partial charge in [-0.25, -0.2) is 4.79 Å². The molecule has 0 N–H and O–H groups in total. The van der Waals surface area contributed by atoms with Crippen LogP contribution in [0.15, 0.2) is 30.4 Å². The third kappa shape index (κ3) is 9.76. The summed E-state index contributed by atoms with van der Waals surface area (Å²) < 4.78 is 0. The van der Waals surface area contributed by atoms with Crippen molar-refractivity contribution < 1.29 is 9.63 Å². The van der Waals surface area contributed by atoms with E-state index in [0.29, 0.717) is 12.1 Å². The molecule has 0 heterocycles. The first-order valence-electron chi connectivity index (χ1n) is 10.6. The average molecular weight is 374 g/mol. The molecule has 0 fully saturated rings. The van der Waals surface area contributed by atoms with Crippen molar-refractivity contribution in [2.45, 2.75) is 92.0 Å². The molecule has 0 saturated heterocycles. The van der Waals surface area contributed by atoms with Crippen molar-refractivity contribution in [3.05, 3.63) is 47.0 Å². The van der Waals surface area contributed by atoms with E-state index in [9.17, 15) is 4.79 Å². The normalized spacial score (nSPS) is 11.0. The second-order valence-corrected chi connectivity index (χ2v) is 7.71. The molecule has 0 unspecified atom stereocenters. The van der Waals surface area contributed by atoms with Crippen LogP contribution >= 0.6 is 0 Å². The molecule has 1 aromatic rings. The number of rotatable bonds is 14. The van der Waals surface area contributed by atoms with Gasteiger partial charge in [0.2, 0.25) is 0 Å². The van der Waals surface area contributed by atoms with Gasteiger partial charge in [-0.05, 0) is 43.9 Å². The Morgan fingerprint density at radius 3 is 2.19 bits per heavy atom. The fourth-order valence-electron chi connectivity index (χ4n) is 3.12. The number of carbonyl (C=O) groups excluding carboxylic acids is 1. The van der Waals surface area contributed by atoms with E-state index in [0.717, 1.165) is 13.0 Å². The molecule has 0 aliphatic heterocycles. The summed E-state index contributed by atoms with van der Waals surface area (Å²) in [4.78, 5) is 17.6. The molecule has 1 aromatic carbocycles. The van der Waals surface area contributed by atoms with E-state index in [-0.39, 0.29) is 5.97 Å². The minimum absolute atomic E-state index is 0.337. The van der Waals surface area contributed by atoms with Gasteiger partial charge in [-0.15, -0.1) is 5.06 Å². The SMILES string of the molecule is C=C(C)C(=O)ON(CCCCCCCCCCC)Cc1cccc(C)c1C. The number of unbranched alkanes of at least 4 members (excludes halogenated alkanes) is 8. The smallest absolute Gasteiger partial charge is 0.352 e. The van der Waals surface area contributed by atoms with Gasteiger partial charge < -0.3 is 4.84 Å². The van der Waals surface area contributed by atoms with Crippen LogP contribution in [-0.2, 0) is 16.2 Å². The van der Waals surface area contributed by atoms with Crippen molar-refractivity contribution in [2.24, 2.45) is 0 Å². The van der Waals surface area contributed by atoms with Crippen molar-refractivity contribution in [3.63, 3.8) is 0 Å². The fraction of sp³-hybridized carbons (Fsp3) is 0.625. The average Bonchev–Trinajstić information content (AvgIpc) is 2.63. The summed E-state index contributed by atoms with van der Waals surface area (Å²) in [5.74, 6) is -0.337. The lowest BCUT2D eigenvalue weighted by Crippen LogP contribution is -2.28. The van der Waals surface area contributed by atoms with Crippen LogP contribution in [-0.4, -0.2) is 17.6 Å². The molecule has 27 heavy (non-hydrogen) atoms. The van der Waals surface area contributed by atoms with Crippen LogP contribution in [0, 0.1) is 13.8 Å². The second-order valence-electron chi connectivity index (χ2n) is 7.71. The van der Waals surface area contributed by atoms with Crippen LogP contribution in [0.1, 0.15) is 88.3 Å². The fourth-order valence-corrected chi connectivity index (χ4v) is 3.12. The molecule has 0 aliphatic rings. The first-order valence-corrected chi connectivity index (χ1v) is 10.6. The molecule has 1 rings (SSSR count). The highest BCUT2D eigenvalue weighted by molar-refractivity contribution is 5.86. The lowest BCUT2D eigenvalue weighted by Gasteiger charge is -2.22. The zero-order valence-corrected chi connectivity index (χ0v) is 18.0. The van der Waals surface area contributed by atoms with Gasteiger partial charge in [0, 0.05) is 12.1 Å². The molecule has 0 aliphatic carbocycles. The summed E-state index contributed by atoms with van der Waals surface area (Å²) in [5, 5.41) is 1.81. The van der Waals surface area contributed by atoms with E-state index in [2.05, 4.69) is 45.5 Å². The predicted octanol–water partition coefficient (Wildman–Crippen LogP) is 6.67. The maximum Gasteiger partial charge on any atom is 0.352 e. The monoisotopic (exact) mass is 373 g/mol. The Labute approximate surface area is 166 Å². The summed E-state index contributed by atoms with van der Waals surface area (Å²) >= 11 is 0. The highest BCUT2D eigenvalue weighted by Gasteiger charge is 2.14. The van der Waals surface area contributed by atoms with E-state index in [4.69, 9.17) is 4.84 Å². The number of benzene rings is 1. The standard InChI is InChI=1S/C24H39NO2/c1-6-7-8-9-10-11-12-13-14-18-25(27-24(26)20(2)3)19-23-17-15-16-21(4)22(23)5/h15-17H,2,6-14,18-19H2,1,3-5H3. The lowest BCUT2D eigenvalue weighted by atomic mass is 10.0. The van der Waals surface area contributed by atoms with E-state index < -0.39 is 0 Å². The zero-order chi connectivity index (χ0) is 20.1. The molecule has 0 saturated carbocycles. The largest absolute Gasteiger partial charge is 0.364 e. The van der Waals surface area contributed by atoms with Crippen LogP contribution in [0.5, 0.6) is 0 Å². The van der Waals surface area contributed by atoms with Crippen LogP contribution in [0.25, 0.3) is 0 Å². The van der Waals surface area contributed by atoms with Gasteiger partial charge in [0.15, 0.2) is 0 Å². The number of nitrogens with zero attached hydrogens (tertiary/aromatic N) is 1. The summed E-state index contributed by atoms with van der Waals surface area (Å²) in [5.41, 5.74) is 4.18. The molecule has 0 amide bonds. The lowest BCUT2D eigenvalue weighted by molar-refractivity contribution is -0.189. The molecule has 152 valence electrons. The Hall–Kier alpha value is -1.61. The molecule has 3 nitrogen and oxygen atoms in total. The summed E-state index contributed by atoms with van der Waals surface area (Å²) in [7, 11) is 0. The van der Waals surface area contributed by atoms with Gasteiger partial charge in [0.05, 0.1) is 6.54 Å². The predicted molar refractivity (Wildman–Crippen MR) is 114 cm³/mol. The van der Waals surface area contributed by atoms with E-state index in [1.807, 2.05) is 0 Å². The number of carbonyl (C=O) groups is 1. The Bertz CT molecular complexity index is 580. The number of aryl methyl sites for hydroxylation is 1. The Balaban J connectivity index is 2.44. The molecule has 0 radical (unpaired) electrons. The Morgan fingerprint density at radius 2 is 1.59 bits per heavy atom. The highest BCUT2D eigenvalue weighted by atomic mass is 16.7. The van der Waals surface area contributed by atoms with Gasteiger partial charge in [-0.2, -0.15) is 0 Å². The number of hydrogen-bond acceptors (Lipinski definition) is 3. The molecule has 0 bridgehead atoms.